The van der Waals surface area contributed by atoms with Crippen LogP contribution in [0.5, 0.6) is 0 Å². The van der Waals surface area contributed by atoms with Gasteiger partial charge in [0.25, 0.3) is 0 Å². The minimum Gasteiger partial charge on any atom is -0.387 e. The summed E-state index contributed by atoms with van der Waals surface area (Å²) in [7, 11) is 0. The number of aliphatic hydroxyl groups excluding tert-OH is 1. The van der Waals surface area contributed by atoms with Crippen LogP contribution in [0.2, 0.25) is 5.02 Å². The molecule has 0 saturated carbocycles. The molecule has 0 bridgehead atoms. The van der Waals surface area contributed by atoms with Crippen molar-refractivity contribution in [3.05, 3.63) is 70.7 Å². The third-order valence-electron chi connectivity index (χ3n) is 4.02. The van der Waals surface area contributed by atoms with Crippen LogP contribution in [0.4, 0.5) is 0 Å². The van der Waals surface area contributed by atoms with Crippen molar-refractivity contribution in [1.29, 1.82) is 0 Å². The van der Waals surface area contributed by atoms with Gasteiger partial charge >= 0.3 is 0 Å². The number of carbonyl (C=O) groups is 1. The van der Waals surface area contributed by atoms with E-state index in [4.69, 9.17) is 11.6 Å². The second kappa shape index (κ2) is 8.25. The van der Waals surface area contributed by atoms with Gasteiger partial charge in [-0.1, -0.05) is 54.1 Å². The van der Waals surface area contributed by atoms with E-state index in [1.165, 1.54) is 0 Å². The highest BCUT2D eigenvalue weighted by molar-refractivity contribution is 6.30. The molecule has 2 aromatic carbocycles. The average Bonchev–Trinajstić information content (AvgIpc) is 2.56. The first-order valence-electron chi connectivity index (χ1n) is 7.71. The molecule has 4 heteroatoms. The number of halogens is 1. The molecule has 1 unspecified atom stereocenters. The first kappa shape index (κ1) is 17.7. The van der Waals surface area contributed by atoms with Gasteiger partial charge in [0.1, 0.15) is 5.78 Å². The molecular formula is C19H22ClNO2. The Morgan fingerprint density at radius 3 is 2.26 bits per heavy atom. The van der Waals surface area contributed by atoms with Gasteiger partial charge in [-0.05, 0) is 37.1 Å². The van der Waals surface area contributed by atoms with Gasteiger partial charge in [0, 0.05) is 17.6 Å². The fraction of sp³-hybridized carbons (Fsp3) is 0.316. The summed E-state index contributed by atoms with van der Waals surface area (Å²) in [5.74, 6) is -0.168. The number of ketones is 1. The van der Waals surface area contributed by atoms with Gasteiger partial charge in [-0.15, -0.1) is 0 Å². The maximum absolute atomic E-state index is 11.9. The highest BCUT2D eigenvalue weighted by Gasteiger charge is 2.21. The molecule has 23 heavy (non-hydrogen) atoms. The summed E-state index contributed by atoms with van der Waals surface area (Å²) in [5.41, 5.74) is 1.79. The Labute approximate surface area is 142 Å². The lowest BCUT2D eigenvalue weighted by atomic mass is 9.94. The molecule has 0 spiro atoms. The van der Waals surface area contributed by atoms with Crippen molar-refractivity contribution in [2.75, 3.05) is 6.54 Å². The first-order chi connectivity index (χ1) is 11.0. The molecule has 122 valence electrons. The lowest BCUT2D eigenvalue weighted by molar-refractivity contribution is -0.118. The van der Waals surface area contributed by atoms with Crippen molar-refractivity contribution in [1.82, 2.24) is 5.32 Å². The van der Waals surface area contributed by atoms with E-state index in [-0.39, 0.29) is 17.7 Å². The first-order valence-corrected chi connectivity index (χ1v) is 8.09. The molecule has 0 aliphatic rings. The van der Waals surface area contributed by atoms with E-state index in [9.17, 15) is 9.90 Å². The van der Waals surface area contributed by atoms with E-state index in [1.54, 1.807) is 19.1 Å². The lowest BCUT2D eigenvalue weighted by Crippen LogP contribution is -2.36. The molecule has 3 nitrogen and oxygen atoms in total. The van der Waals surface area contributed by atoms with Gasteiger partial charge in [0.05, 0.1) is 12.0 Å². The number of rotatable bonds is 7. The summed E-state index contributed by atoms with van der Waals surface area (Å²) in [5, 5.41) is 14.3. The van der Waals surface area contributed by atoms with Crippen molar-refractivity contribution in [2.24, 2.45) is 0 Å². The van der Waals surface area contributed by atoms with Crippen LogP contribution in [0.15, 0.2) is 54.6 Å². The van der Waals surface area contributed by atoms with Gasteiger partial charge in [-0.2, -0.15) is 0 Å². The molecule has 2 aromatic rings. The predicted molar refractivity (Wildman–Crippen MR) is 93.7 cm³/mol. The zero-order valence-corrected chi connectivity index (χ0v) is 14.1. The van der Waals surface area contributed by atoms with Gasteiger partial charge in [0.2, 0.25) is 0 Å². The summed E-state index contributed by atoms with van der Waals surface area (Å²) < 4.78 is 0. The molecule has 0 aliphatic carbocycles. The summed E-state index contributed by atoms with van der Waals surface area (Å²) >= 11 is 5.90. The van der Waals surface area contributed by atoms with Gasteiger partial charge < -0.3 is 10.4 Å². The van der Waals surface area contributed by atoms with Crippen LogP contribution in [0, 0.1) is 0 Å². The molecular weight excluding hydrogens is 310 g/mol. The van der Waals surface area contributed by atoms with Gasteiger partial charge in [-0.3, -0.25) is 4.79 Å². The molecule has 0 aromatic heterocycles. The molecule has 0 radical (unpaired) electrons. The van der Waals surface area contributed by atoms with Crippen LogP contribution >= 0.6 is 11.6 Å². The lowest BCUT2D eigenvalue weighted by Gasteiger charge is -2.23. The Morgan fingerprint density at radius 1 is 1.09 bits per heavy atom. The quantitative estimate of drug-likeness (QED) is 0.813. The summed E-state index contributed by atoms with van der Waals surface area (Å²) in [6.45, 7) is 3.97. The topological polar surface area (TPSA) is 49.3 Å². The summed E-state index contributed by atoms with van der Waals surface area (Å²) in [6.07, 6.45) is -0.617. The largest absolute Gasteiger partial charge is 0.387 e. The SMILES string of the molecule is CC(=O)C(CN[C@H](C)[C@@H](O)c1ccccc1)c1ccc(Cl)cc1. The molecule has 0 fully saturated rings. The Kier molecular flexibility index (Phi) is 6.34. The minimum atomic E-state index is -0.617. The maximum Gasteiger partial charge on any atom is 0.138 e. The van der Waals surface area contributed by atoms with Crippen LogP contribution in [-0.4, -0.2) is 23.5 Å². The number of hydrogen-bond donors (Lipinski definition) is 2. The highest BCUT2D eigenvalue weighted by Crippen LogP contribution is 2.21. The van der Waals surface area contributed by atoms with Crippen molar-refractivity contribution in [3.8, 4) is 0 Å². The molecule has 2 N–H and O–H groups in total. The zero-order chi connectivity index (χ0) is 16.8. The van der Waals surface area contributed by atoms with E-state index in [2.05, 4.69) is 5.32 Å². The predicted octanol–water partition coefficient (Wildman–Crippen LogP) is 3.72. The van der Waals surface area contributed by atoms with Crippen LogP contribution in [0.3, 0.4) is 0 Å². The number of Topliss-reactive ketones (excluding diaryl/α,β-unsaturated/α-hetero) is 1. The zero-order valence-electron chi connectivity index (χ0n) is 13.4. The van der Waals surface area contributed by atoms with Crippen LogP contribution < -0.4 is 5.32 Å². The van der Waals surface area contributed by atoms with Crippen LogP contribution in [0.1, 0.15) is 37.0 Å². The monoisotopic (exact) mass is 331 g/mol. The van der Waals surface area contributed by atoms with E-state index in [0.29, 0.717) is 11.6 Å². The molecule has 0 amide bonds. The van der Waals surface area contributed by atoms with E-state index >= 15 is 0 Å². The molecule has 0 heterocycles. The Bertz CT molecular complexity index is 628. The maximum atomic E-state index is 11.9. The number of carbonyl (C=O) groups excluding carboxylic acids is 1. The van der Waals surface area contributed by atoms with Crippen molar-refractivity contribution in [3.63, 3.8) is 0 Å². The summed E-state index contributed by atoms with van der Waals surface area (Å²) in [6, 6.07) is 16.7. The number of nitrogens with one attached hydrogen (secondary N) is 1. The van der Waals surface area contributed by atoms with Crippen molar-refractivity contribution in [2.45, 2.75) is 31.9 Å². The van der Waals surface area contributed by atoms with Gasteiger partial charge in [0.15, 0.2) is 0 Å². The second-order valence-electron chi connectivity index (χ2n) is 5.77. The highest BCUT2D eigenvalue weighted by atomic mass is 35.5. The van der Waals surface area contributed by atoms with E-state index < -0.39 is 6.10 Å². The number of aliphatic hydroxyl groups is 1. The fourth-order valence-electron chi connectivity index (χ4n) is 2.55. The van der Waals surface area contributed by atoms with E-state index in [1.807, 2.05) is 49.4 Å². The molecule has 0 saturated heterocycles. The summed E-state index contributed by atoms with van der Waals surface area (Å²) in [4.78, 5) is 11.9. The Hall–Kier alpha value is -1.68. The fourth-order valence-corrected chi connectivity index (χ4v) is 2.67. The average molecular weight is 332 g/mol. The molecule has 2 rings (SSSR count). The minimum absolute atomic E-state index is 0.0845. The normalized spacial score (nSPS) is 15.0. The van der Waals surface area contributed by atoms with Crippen molar-refractivity contribution >= 4 is 17.4 Å². The van der Waals surface area contributed by atoms with Gasteiger partial charge in [-0.25, -0.2) is 0 Å². The molecule has 0 aliphatic heterocycles. The third-order valence-corrected chi connectivity index (χ3v) is 4.27. The van der Waals surface area contributed by atoms with E-state index in [0.717, 1.165) is 11.1 Å². The second-order valence-corrected chi connectivity index (χ2v) is 6.20. The Morgan fingerprint density at radius 2 is 1.70 bits per heavy atom. The van der Waals surface area contributed by atoms with Crippen LogP contribution in [-0.2, 0) is 4.79 Å². The Balaban J connectivity index is 2.01. The van der Waals surface area contributed by atoms with Crippen LogP contribution in [0.25, 0.3) is 0 Å². The molecule has 3 atom stereocenters. The number of hydrogen-bond acceptors (Lipinski definition) is 3. The third kappa shape index (κ3) is 4.90. The number of benzene rings is 2. The van der Waals surface area contributed by atoms with Crippen molar-refractivity contribution < 1.29 is 9.90 Å². The standard InChI is InChI=1S/C19H22ClNO2/c1-13(19(23)16-6-4-3-5-7-16)21-12-18(14(2)22)15-8-10-17(20)11-9-15/h3-11,13,18-19,21,23H,12H2,1-2H3/t13-,18?,19-/m1/s1. The smallest absolute Gasteiger partial charge is 0.138 e.